The Morgan fingerprint density at radius 3 is 2.21 bits per heavy atom. The van der Waals surface area contributed by atoms with Crippen LogP contribution < -0.4 is 5.32 Å². The van der Waals surface area contributed by atoms with E-state index in [2.05, 4.69) is 36.5 Å². The largest absolute Gasteiger partial charge is 0.481 e. The number of rotatable bonds is 10. The molecule has 5 heteroatoms. The summed E-state index contributed by atoms with van der Waals surface area (Å²) in [5.41, 5.74) is 4.80. The third-order valence-corrected chi connectivity index (χ3v) is 5.50. The van der Waals surface area contributed by atoms with Gasteiger partial charge in [-0.15, -0.1) is 0 Å². The first kappa shape index (κ1) is 20.9. The zero-order valence-corrected chi connectivity index (χ0v) is 16.9. The molecule has 1 atom stereocenters. The molecule has 154 valence electrons. The number of hydrogen-bond acceptors (Lipinski definition) is 3. The lowest BCUT2D eigenvalue weighted by Crippen LogP contribution is -2.35. The number of benzene rings is 2. The fourth-order valence-corrected chi connectivity index (χ4v) is 4.11. The predicted octanol–water partition coefficient (Wildman–Crippen LogP) is 5.34. The average Bonchev–Trinajstić information content (AvgIpc) is 3.03. The second-order valence-corrected chi connectivity index (χ2v) is 7.60. The van der Waals surface area contributed by atoms with E-state index in [1.54, 1.807) is 0 Å². The molecule has 1 amide bonds. The molecule has 0 fully saturated rings. The fraction of sp³-hybridized carbons (Fsp3) is 0.417. The van der Waals surface area contributed by atoms with Crippen LogP contribution in [0, 0.1) is 0 Å². The quantitative estimate of drug-likeness (QED) is 0.533. The highest BCUT2D eigenvalue weighted by atomic mass is 16.5. The van der Waals surface area contributed by atoms with Crippen LogP contribution in [0.15, 0.2) is 48.5 Å². The van der Waals surface area contributed by atoms with Gasteiger partial charge >= 0.3 is 12.1 Å². The number of amides is 1. The molecule has 2 aromatic rings. The molecule has 1 aliphatic carbocycles. The van der Waals surface area contributed by atoms with E-state index in [0.717, 1.165) is 25.7 Å². The SMILES string of the molecule is CCCC(CCCCC(=O)O)NC(=O)OCC1c2ccccc2-c2ccccc21. The van der Waals surface area contributed by atoms with E-state index < -0.39 is 12.1 Å². The number of hydrogen-bond donors (Lipinski definition) is 2. The number of ether oxygens (including phenoxy) is 1. The fourth-order valence-electron chi connectivity index (χ4n) is 4.11. The molecule has 1 unspecified atom stereocenters. The molecule has 1 aliphatic rings. The van der Waals surface area contributed by atoms with E-state index >= 15 is 0 Å². The summed E-state index contributed by atoms with van der Waals surface area (Å²) in [6.07, 6.45) is 3.76. The minimum atomic E-state index is -0.776. The van der Waals surface area contributed by atoms with Crippen LogP contribution >= 0.6 is 0 Å². The standard InChI is InChI=1S/C24H29NO4/c1-2-9-17(10-3-8-15-23(26)27)25-24(28)29-16-22-20-13-6-4-11-18(20)19-12-5-7-14-21(19)22/h4-7,11-14,17,22H,2-3,8-10,15-16H2,1H3,(H,25,28)(H,26,27). The van der Waals surface area contributed by atoms with E-state index in [4.69, 9.17) is 9.84 Å². The molecule has 2 aromatic carbocycles. The van der Waals surface area contributed by atoms with Crippen LogP contribution in [0.5, 0.6) is 0 Å². The van der Waals surface area contributed by atoms with Crippen molar-refractivity contribution in [1.29, 1.82) is 0 Å². The van der Waals surface area contributed by atoms with Gasteiger partial charge in [-0.25, -0.2) is 4.79 Å². The molecule has 5 nitrogen and oxygen atoms in total. The summed E-state index contributed by atoms with van der Waals surface area (Å²) in [6.45, 7) is 2.38. The zero-order valence-electron chi connectivity index (χ0n) is 16.9. The van der Waals surface area contributed by atoms with Crippen LogP contribution in [0.4, 0.5) is 4.79 Å². The molecule has 0 bridgehead atoms. The van der Waals surface area contributed by atoms with Crippen molar-refractivity contribution in [2.75, 3.05) is 6.61 Å². The molecule has 0 heterocycles. The molecule has 0 radical (unpaired) electrons. The predicted molar refractivity (Wildman–Crippen MR) is 113 cm³/mol. The van der Waals surface area contributed by atoms with Gasteiger partial charge in [0.25, 0.3) is 0 Å². The summed E-state index contributed by atoms with van der Waals surface area (Å²) in [4.78, 5) is 23.1. The summed E-state index contributed by atoms with van der Waals surface area (Å²) >= 11 is 0. The normalized spacial score (nSPS) is 13.4. The number of nitrogens with one attached hydrogen (secondary N) is 1. The van der Waals surface area contributed by atoms with Gasteiger partial charge in [-0.2, -0.15) is 0 Å². The minimum Gasteiger partial charge on any atom is -0.481 e. The van der Waals surface area contributed by atoms with Gasteiger partial charge in [-0.3, -0.25) is 4.79 Å². The monoisotopic (exact) mass is 395 g/mol. The Morgan fingerprint density at radius 1 is 1.00 bits per heavy atom. The van der Waals surface area contributed by atoms with Crippen molar-refractivity contribution >= 4 is 12.1 Å². The lowest BCUT2D eigenvalue weighted by Gasteiger charge is -2.19. The van der Waals surface area contributed by atoms with Crippen LogP contribution in [0.2, 0.25) is 0 Å². The number of carboxylic acid groups (broad SMARTS) is 1. The highest BCUT2D eigenvalue weighted by Crippen LogP contribution is 2.44. The number of aliphatic carboxylic acids is 1. The number of unbranched alkanes of at least 4 members (excludes halogenated alkanes) is 1. The Labute approximate surface area is 172 Å². The summed E-state index contributed by atoms with van der Waals surface area (Å²) in [5.74, 6) is -0.727. The van der Waals surface area contributed by atoms with Crippen molar-refractivity contribution in [2.45, 2.75) is 57.4 Å². The van der Waals surface area contributed by atoms with Crippen molar-refractivity contribution in [3.8, 4) is 11.1 Å². The maximum Gasteiger partial charge on any atom is 0.407 e. The average molecular weight is 395 g/mol. The van der Waals surface area contributed by atoms with Crippen molar-refractivity contribution in [3.63, 3.8) is 0 Å². The van der Waals surface area contributed by atoms with Gasteiger partial charge < -0.3 is 15.2 Å². The molecule has 0 aromatic heterocycles. The van der Waals surface area contributed by atoms with E-state index in [1.807, 2.05) is 24.3 Å². The summed E-state index contributed by atoms with van der Waals surface area (Å²) < 4.78 is 5.62. The first-order valence-electron chi connectivity index (χ1n) is 10.4. The number of fused-ring (bicyclic) bond motifs is 3. The minimum absolute atomic E-state index is 0.0180. The Balaban J connectivity index is 1.56. The Kier molecular flexibility index (Phi) is 7.28. The van der Waals surface area contributed by atoms with Crippen LogP contribution in [-0.2, 0) is 9.53 Å². The summed E-state index contributed by atoms with van der Waals surface area (Å²) in [5, 5.41) is 11.7. The number of carbonyl (C=O) groups is 2. The number of carbonyl (C=O) groups excluding carboxylic acids is 1. The van der Waals surface area contributed by atoms with Crippen LogP contribution in [-0.4, -0.2) is 29.8 Å². The lowest BCUT2D eigenvalue weighted by molar-refractivity contribution is -0.137. The maximum atomic E-state index is 12.4. The molecule has 29 heavy (non-hydrogen) atoms. The third-order valence-electron chi connectivity index (χ3n) is 5.50. The van der Waals surface area contributed by atoms with Gasteiger partial charge in [0, 0.05) is 18.4 Å². The molecule has 3 rings (SSSR count). The van der Waals surface area contributed by atoms with Crippen molar-refractivity contribution in [3.05, 3.63) is 59.7 Å². The number of alkyl carbamates (subject to hydrolysis) is 1. The first-order chi connectivity index (χ1) is 14.1. The van der Waals surface area contributed by atoms with Crippen molar-refractivity contribution in [1.82, 2.24) is 5.32 Å². The molecule has 0 aliphatic heterocycles. The molecule has 0 saturated carbocycles. The zero-order chi connectivity index (χ0) is 20.6. The van der Waals surface area contributed by atoms with Crippen molar-refractivity contribution < 1.29 is 19.4 Å². The second kappa shape index (κ2) is 10.1. The number of carboxylic acids is 1. The Hall–Kier alpha value is -2.82. The highest BCUT2D eigenvalue weighted by Gasteiger charge is 2.29. The van der Waals surface area contributed by atoms with Gasteiger partial charge in [-0.1, -0.05) is 68.3 Å². The van der Waals surface area contributed by atoms with Gasteiger partial charge in [-0.05, 0) is 41.5 Å². The molecule has 0 saturated heterocycles. The molecular weight excluding hydrogens is 366 g/mol. The third kappa shape index (κ3) is 5.37. The van der Waals surface area contributed by atoms with Crippen molar-refractivity contribution in [2.24, 2.45) is 0 Å². The Bertz CT molecular complexity index is 803. The van der Waals surface area contributed by atoms with E-state index in [0.29, 0.717) is 13.0 Å². The van der Waals surface area contributed by atoms with Crippen LogP contribution in [0.3, 0.4) is 0 Å². The molecular formula is C24H29NO4. The molecule has 0 spiro atoms. The lowest BCUT2D eigenvalue weighted by atomic mass is 9.98. The van der Waals surface area contributed by atoms with E-state index in [9.17, 15) is 9.59 Å². The van der Waals surface area contributed by atoms with Gasteiger partial charge in [0.1, 0.15) is 6.61 Å². The maximum absolute atomic E-state index is 12.4. The van der Waals surface area contributed by atoms with E-state index in [1.165, 1.54) is 22.3 Å². The smallest absolute Gasteiger partial charge is 0.407 e. The van der Waals surface area contributed by atoms with Crippen LogP contribution in [0.25, 0.3) is 11.1 Å². The summed E-state index contributed by atoms with van der Waals surface area (Å²) in [6, 6.07) is 16.6. The molecule has 2 N–H and O–H groups in total. The van der Waals surface area contributed by atoms with Gasteiger partial charge in [0.15, 0.2) is 0 Å². The Morgan fingerprint density at radius 2 is 1.62 bits per heavy atom. The second-order valence-electron chi connectivity index (χ2n) is 7.60. The summed E-state index contributed by atoms with van der Waals surface area (Å²) in [7, 11) is 0. The topological polar surface area (TPSA) is 75.6 Å². The van der Waals surface area contributed by atoms with Gasteiger partial charge in [0.05, 0.1) is 0 Å². The first-order valence-corrected chi connectivity index (χ1v) is 10.4. The van der Waals surface area contributed by atoms with Gasteiger partial charge in [0.2, 0.25) is 0 Å². The van der Waals surface area contributed by atoms with E-state index in [-0.39, 0.29) is 18.4 Å². The van der Waals surface area contributed by atoms with Crippen LogP contribution in [0.1, 0.15) is 62.5 Å². The highest BCUT2D eigenvalue weighted by molar-refractivity contribution is 5.79.